The van der Waals surface area contributed by atoms with Gasteiger partial charge in [0.05, 0.1) is 12.3 Å². The van der Waals surface area contributed by atoms with Crippen LogP contribution < -0.4 is 0 Å². The summed E-state index contributed by atoms with van der Waals surface area (Å²) in [5.41, 5.74) is 1.43. The van der Waals surface area contributed by atoms with Crippen molar-refractivity contribution in [2.24, 2.45) is 0 Å². The third kappa shape index (κ3) is 3.59. The molecular formula is C17H21F2N3O. The molecule has 2 atom stereocenters. The zero-order valence-electron chi connectivity index (χ0n) is 13.1. The van der Waals surface area contributed by atoms with Gasteiger partial charge in [0.1, 0.15) is 11.6 Å². The molecule has 6 heteroatoms. The molecule has 1 fully saturated rings. The quantitative estimate of drug-likeness (QED) is 0.920. The highest BCUT2D eigenvalue weighted by Crippen LogP contribution is 2.34. The van der Waals surface area contributed by atoms with Crippen molar-refractivity contribution in [3.05, 3.63) is 53.4 Å². The minimum atomic E-state index is -0.513. The molecule has 4 nitrogen and oxygen atoms in total. The van der Waals surface area contributed by atoms with E-state index < -0.39 is 17.7 Å². The Bertz CT molecular complexity index is 674. The van der Waals surface area contributed by atoms with Gasteiger partial charge >= 0.3 is 0 Å². The fraction of sp³-hybridized carbons (Fsp3) is 0.471. The molecule has 1 aliphatic rings. The second-order valence-corrected chi connectivity index (χ2v) is 6.02. The van der Waals surface area contributed by atoms with Gasteiger partial charge < -0.3 is 5.11 Å². The first kappa shape index (κ1) is 16.1. The highest BCUT2D eigenvalue weighted by Gasteiger charge is 2.33. The number of β-amino-alcohol motifs (C(OH)–C–C–N with tert-alkyl or cyclic N) is 1. The Labute approximate surface area is 134 Å². The number of aliphatic hydroxyl groups is 1. The Morgan fingerprint density at radius 1 is 1.35 bits per heavy atom. The van der Waals surface area contributed by atoms with Crippen molar-refractivity contribution in [1.29, 1.82) is 0 Å². The number of hydrogen-bond acceptors (Lipinski definition) is 3. The lowest BCUT2D eigenvalue weighted by Gasteiger charge is -2.24. The molecule has 1 aliphatic heterocycles. The topological polar surface area (TPSA) is 41.3 Å². The van der Waals surface area contributed by atoms with Crippen LogP contribution in [-0.2, 0) is 13.0 Å². The maximum atomic E-state index is 14.0. The van der Waals surface area contributed by atoms with E-state index in [1.165, 1.54) is 6.07 Å². The highest BCUT2D eigenvalue weighted by molar-refractivity contribution is 5.24. The Morgan fingerprint density at radius 3 is 2.91 bits per heavy atom. The molecule has 0 saturated carbocycles. The third-order valence-electron chi connectivity index (χ3n) is 4.40. The number of aliphatic hydroxyl groups excluding tert-OH is 1. The molecule has 0 radical (unpaired) electrons. The van der Waals surface area contributed by atoms with Crippen LogP contribution in [0.15, 0.2) is 30.6 Å². The van der Waals surface area contributed by atoms with Crippen LogP contribution in [0.4, 0.5) is 8.78 Å². The fourth-order valence-electron chi connectivity index (χ4n) is 3.20. The van der Waals surface area contributed by atoms with E-state index in [1.54, 1.807) is 0 Å². The standard InChI is InChI=1S/C17H21F2N3O/c1-2-22-10-12(9-20-22)5-6-21-11-14(23)8-17(21)15-7-13(18)3-4-16(15)19/h3-4,7,9-10,14,17,23H,2,5-6,8,11H2,1H3/t14-,17-/m0/s1. The number of aryl methyl sites for hydroxylation is 1. The molecule has 1 N–H and O–H groups in total. The smallest absolute Gasteiger partial charge is 0.128 e. The zero-order valence-corrected chi connectivity index (χ0v) is 13.1. The molecule has 0 spiro atoms. The lowest BCUT2D eigenvalue weighted by atomic mass is 10.0. The molecule has 0 bridgehead atoms. The molecule has 0 unspecified atom stereocenters. The SMILES string of the molecule is CCn1cc(CCN2C[C@@H](O)C[C@H]2c2cc(F)ccc2F)cn1. The van der Waals surface area contributed by atoms with Crippen LogP contribution in [0.5, 0.6) is 0 Å². The molecule has 23 heavy (non-hydrogen) atoms. The molecular weight excluding hydrogens is 300 g/mol. The highest BCUT2D eigenvalue weighted by atomic mass is 19.1. The Hall–Kier alpha value is -1.79. The summed E-state index contributed by atoms with van der Waals surface area (Å²) in [7, 11) is 0. The van der Waals surface area contributed by atoms with E-state index >= 15 is 0 Å². The first-order chi connectivity index (χ1) is 11.1. The Kier molecular flexibility index (Phi) is 4.73. The van der Waals surface area contributed by atoms with Crippen molar-refractivity contribution in [2.45, 2.75) is 38.5 Å². The van der Waals surface area contributed by atoms with Crippen LogP contribution in [0.2, 0.25) is 0 Å². The molecule has 0 aliphatic carbocycles. The number of nitrogens with zero attached hydrogens (tertiary/aromatic N) is 3. The second kappa shape index (κ2) is 6.76. The van der Waals surface area contributed by atoms with Crippen molar-refractivity contribution >= 4 is 0 Å². The van der Waals surface area contributed by atoms with E-state index in [0.29, 0.717) is 25.1 Å². The minimum Gasteiger partial charge on any atom is -0.392 e. The van der Waals surface area contributed by atoms with Crippen molar-refractivity contribution < 1.29 is 13.9 Å². The van der Waals surface area contributed by atoms with Crippen LogP contribution in [0.3, 0.4) is 0 Å². The predicted molar refractivity (Wildman–Crippen MR) is 82.9 cm³/mol. The molecule has 0 amide bonds. The van der Waals surface area contributed by atoms with Crippen LogP contribution in [0.1, 0.15) is 30.5 Å². The van der Waals surface area contributed by atoms with Gasteiger partial charge in [-0.15, -0.1) is 0 Å². The summed E-state index contributed by atoms with van der Waals surface area (Å²) in [6.45, 7) is 3.99. The van der Waals surface area contributed by atoms with E-state index in [-0.39, 0.29) is 6.04 Å². The Morgan fingerprint density at radius 2 is 2.17 bits per heavy atom. The molecule has 3 rings (SSSR count). The van der Waals surface area contributed by atoms with Gasteiger partial charge in [0.25, 0.3) is 0 Å². The van der Waals surface area contributed by atoms with E-state index in [1.807, 2.05) is 28.9 Å². The first-order valence-electron chi connectivity index (χ1n) is 7.95. The van der Waals surface area contributed by atoms with Crippen LogP contribution in [0.25, 0.3) is 0 Å². The molecule has 1 aromatic heterocycles. The number of halogens is 2. The lowest BCUT2D eigenvalue weighted by molar-refractivity contribution is 0.175. The second-order valence-electron chi connectivity index (χ2n) is 6.02. The number of benzene rings is 1. The minimum absolute atomic E-state index is 0.290. The number of rotatable bonds is 5. The average Bonchev–Trinajstić information content (AvgIpc) is 3.13. The normalized spacial score (nSPS) is 21.9. The summed E-state index contributed by atoms with van der Waals surface area (Å²) in [4.78, 5) is 2.02. The first-order valence-corrected chi connectivity index (χ1v) is 7.95. The van der Waals surface area contributed by atoms with E-state index in [0.717, 1.165) is 30.7 Å². The summed E-state index contributed by atoms with van der Waals surface area (Å²) in [6, 6.07) is 3.22. The third-order valence-corrected chi connectivity index (χ3v) is 4.40. The van der Waals surface area contributed by atoms with Gasteiger partial charge in [-0.2, -0.15) is 5.10 Å². The summed E-state index contributed by atoms with van der Waals surface area (Å²) in [5, 5.41) is 14.2. The summed E-state index contributed by atoms with van der Waals surface area (Å²) in [6.07, 6.45) is 4.49. The molecule has 1 saturated heterocycles. The summed E-state index contributed by atoms with van der Waals surface area (Å²) >= 11 is 0. The summed E-state index contributed by atoms with van der Waals surface area (Å²) < 4.78 is 29.4. The maximum Gasteiger partial charge on any atom is 0.128 e. The number of aromatic nitrogens is 2. The average molecular weight is 321 g/mol. The largest absolute Gasteiger partial charge is 0.392 e. The monoisotopic (exact) mass is 321 g/mol. The molecule has 124 valence electrons. The lowest BCUT2D eigenvalue weighted by Crippen LogP contribution is -2.27. The summed E-state index contributed by atoms with van der Waals surface area (Å²) in [5.74, 6) is -0.874. The van der Waals surface area contributed by atoms with Crippen molar-refractivity contribution in [2.75, 3.05) is 13.1 Å². The van der Waals surface area contributed by atoms with Gasteiger partial charge in [-0.05, 0) is 43.5 Å². The Balaban J connectivity index is 1.73. The number of hydrogen-bond donors (Lipinski definition) is 1. The van der Waals surface area contributed by atoms with Crippen molar-refractivity contribution in [3.63, 3.8) is 0 Å². The predicted octanol–water partition coefficient (Wildman–Crippen LogP) is 2.53. The van der Waals surface area contributed by atoms with Crippen LogP contribution >= 0.6 is 0 Å². The van der Waals surface area contributed by atoms with Gasteiger partial charge in [-0.1, -0.05) is 0 Å². The molecule has 2 aromatic rings. The van der Waals surface area contributed by atoms with Gasteiger partial charge in [-0.25, -0.2) is 8.78 Å². The molecule has 2 heterocycles. The van der Waals surface area contributed by atoms with Gasteiger partial charge in [0, 0.05) is 37.4 Å². The van der Waals surface area contributed by atoms with Crippen molar-refractivity contribution in [1.82, 2.24) is 14.7 Å². The fourth-order valence-corrected chi connectivity index (χ4v) is 3.20. The van der Waals surface area contributed by atoms with Gasteiger partial charge in [0.2, 0.25) is 0 Å². The van der Waals surface area contributed by atoms with Crippen LogP contribution in [0, 0.1) is 11.6 Å². The van der Waals surface area contributed by atoms with Gasteiger partial charge in [0.15, 0.2) is 0 Å². The van der Waals surface area contributed by atoms with Crippen molar-refractivity contribution in [3.8, 4) is 0 Å². The van der Waals surface area contributed by atoms with Gasteiger partial charge in [-0.3, -0.25) is 9.58 Å². The van der Waals surface area contributed by atoms with Crippen LogP contribution in [-0.4, -0.2) is 39.0 Å². The zero-order chi connectivity index (χ0) is 16.4. The van der Waals surface area contributed by atoms with E-state index in [2.05, 4.69) is 5.10 Å². The maximum absolute atomic E-state index is 14.0. The van der Waals surface area contributed by atoms with E-state index in [9.17, 15) is 13.9 Å². The number of likely N-dealkylation sites (tertiary alicyclic amines) is 1. The van der Waals surface area contributed by atoms with E-state index in [4.69, 9.17) is 0 Å². The molecule has 1 aromatic carbocycles.